The highest BCUT2D eigenvalue weighted by Crippen LogP contribution is 2.31. The minimum Gasteiger partial charge on any atom is -0.496 e. The Labute approximate surface area is 179 Å². The molecule has 2 amide bonds. The number of rotatable bonds is 4. The summed E-state index contributed by atoms with van der Waals surface area (Å²) in [6.07, 6.45) is 2.47. The van der Waals surface area contributed by atoms with Gasteiger partial charge in [0.2, 0.25) is 0 Å². The molecule has 0 radical (unpaired) electrons. The lowest BCUT2D eigenvalue weighted by Crippen LogP contribution is -2.54. The number of methoxy groups -OCH3 is 1. The lowest BCUT2D eigenvalue weighted by Gasteiger charge is -2.29. The van der Waals surface area contributed by atoms with E-state index in [0.717, 1.165) is 22.8 Å². The van der Waals surface area contributed by atoms with Gasteiger partial charge in [-0.2, -0.15) is 0 Å². The molecular weight excluding hydrogens is 396 g/mol. The first-order chi connectivity index (χ1) is 14.5. The van der Waals surface area contributed by atoms with Crippen molar-refractivity contribution in [2.24, 2.45) is 0 Å². The number of benzene rings is 3. The van der Waals surface area contributed by atoms with Gasteiger partial charge in [-0.05, 0) is 59.2 Å². The number of amides is 2. The number of carbonyl (C=O) groups excluding carboxylic acids is 2. The van der Waals surface area contributed by atoms with Gasteiger partial charge in [-0.3, -0.25) is 19.8 Å². The molecule has 1 N–H and O–H groups in total. The monoisotopic (exact) mass is 416 g/mol. The van der Waals surface area contributed by atoms with Gasteiger partial charge in [-0.15, -0.1) is 0 Å². The molecule has 1 fully saturated rings. The Bertz CT molecular complexity index is 1200. The van der Waals surface area contributed by atoms with Crippen LogP contribution < -0.4 is 15.0 Å². The van der Waals surface area contributed by atoms with Crippen LogP contribution in [0.15, 0.2) is 66.2 Å². The summed E-state index contributed by atoms with van der Waals surface area (Å²) >= 11 is 5.29. The fourth-order valence-corrected chi connectivity index (χ4v) is 3.80. The average molecular weight is 417 g/mol. The normalized spacial score (nSPS) is 15.6. The SMILES string of the molecule is CCc1ccc(N2C(=O)C(=Cc3c(OC)ccc4ccccc34)C(=O)NC2=S)cc1. The van der Waals surface area contributed by atoms with Crippen LogP contribution in [0.4, 0.5) is 5.69 Å². The summed E-state index contributed by atoms with van der Waals surface area (Å²) in [4.78, 5) is 27.3. The van der Waals surface area contributed by atoms with Crippen LogP contribution in [-0.4, -0.2) is 24.0 Å². The van der Waals surface area contributed by atoms with Gasteiger partial charge in [0.15, 0.2) is 5.11 Å². The first-order valence-electron chi connectivity index (χ1n) is 9.59. The fraction of sp³-hybridized carbons (Fsp3) is 0.125. The molecule has 1 aliphatic rings. The number of nitrogens with zero attached hydrogens (tertiary/aromatic N) is 1. The molecule has 0 aliphatic carbocycles. The number of hydrogen-bond acceptors (Lipinski definition) is 4. The molecule has 0 saturated carbocycles. The fourth-order valence-electron chi connectivity index (χ4n) is 3.52. The van der Waals surface area contributed by atoms with E-state index in [1.807, 2.05) is 60.7 Å². The van der Waals surface area contributed by atoms with E-state index < -0.39 is 11.8 Å². The van der Waals surface area contributed by atoms with Crippen molar-refractivity contribution in [2.75, 3.05) is 12.0 Å². The molecule has 3 aromatic carbocycles. The van der Waals surface area contributed by atoms with Crippen LogP contribution in [-0.2, 0) is 16.0 Å². The summed E-state index contributed by atoms with van der Waals surface area (Å²) in [5, 5.41) is 4.57. The smallest absolute Gasteiger partial charge is 0.270 e. The van der Waals surface area contributed by atoms with Crippen LogP contribution >= 0.6 is 12.2 Å². The van der Waals surface area contributed by atoms with Crippen molar-refractivity contribution >= 4 is 51.7 Å². The van der Waals surface area contributed by atoms with Crippen LogP contribution in [0.3, 0.4) is 0 Å². The Hall–Kier alpha value is -3.51. The van der Waals surface area contributed by atoms with E-state index in [9.17, 15) is 9.59 Å². The van der Waals surface area contributed by atoms with Crippen LogP contribution in [0.25, 0.3) is 16.8 Å². The van der Waals surface area contributed by atoms with E-state index in [1.165, 1.54) is 4.90 Å². The lowest BCUT2D eigenvalue weighted by atomic mass is 9.99. The maximum atomic E-state index is 13.3. The number of anilines is 1. The third-order valence-electron chi connectivity index (χ3n) is 5.14. The molecular formula is C24H20N2O3S. The molecule has 30 heavy (non-hydrogen) atoms. The van der Waals surface area contributed by atoms with Gasteiger partial charge in [-0.1, -0.05) is 49.4 Å². The van der Waals surface area contributed by atoms with E-state index >= 15 is 0 Å². The van der Waals surface area contributed by atoms with Crippen LogP contribution in [0.1, 0.15) is 18.1 Å². The minimum atomic E-state index is -0.526. The molecule has 1 saturated heterocycles. The van der Waals surface area contributed by atoms with Crippen LogP contribution in [0.5, 0.6) is 5.75 Å². The molecule has 1 heterocycles. The molecule has 3 aromatic rings. The lowest BCUT2D eigenvalue weighted by molar-refractivity contribution is -0.122. The summed E-state index contributed by atoms with van der Waals surface area (Å²) in [7, 11) is 1.56. The number of hydrogen-bond donors (Lipinski definition) is 1. The third-order valence-corrected chi connectivity index (χ3v) is 5.43. The van der Waals surface area contributed by atoms with Crippen LogP contribution in [0.2, 0.25) is 0 Å². The van der Waals surface area contributed by atoms with Gasteiger partial charge in [0.1, 0.15) is 11.3 Å². The molecule has 150 valence electrons. The Morgan fingerprint density at radius 3 is 2.47 bits per heavy atom. The molecule has 0 bridgehead atoms. The summed E-state index contributed by atoms with van der Waals surface area (Å²) in [5.74, 6) is -0.418. The molecule has 4 rings (SSSR count). The first-order valence-corrected chi connectivity index (χ1v) is 10.0. The third kappa shape index (κ3) is 3.46. The average Bonchev–Trinajstić information content (AvgIpc) is 2.76. The Morgan fingerprint density at radius 1 is 1.03 bits per heavy atom. The zero-order valence-electron chi connectivity index (χ0n) is 16.6. The summed E-state index contributed by atoms with van der Waals surface area (Å²) in [6.45, 7) is 2.06. The van der Waals surface area contributed by atoms with Crippen molar-refractivity contribution in [1.82, 2.24) is 5.32 Å². The van der Waals surface area contributed by atoms with E-state index in [-0.39, 0.29) is 10.7 Å². The maximum absolute atomic E-state index is 13.3. The Kier molecular flexibility index (Phi) is 5.33. The van der Waals surface area contributed by atoms with Crippen molar-refractivity contribution in [3.63, 3.8) is 0 Å². The molecule has 0 spiro atoms. The molecule has 0 aromatic heterocycles. The van der Waals surface area contributed by atoms with Crippen molar-refractivity contribution in [1.29, 1.82) is 0 Å². The highest BCUT2D eigenvalue weighted by molar-refractivity contribution is 7.80. The second kappa shape index (κ2) is 8.08. The minimum absolute atomic E-state index is 0.00202. The molecule has 0 unspecified atom stereocenters. The van der Waals surface area contributed by atoms with E-state index in [4.69, 9.17) is 17.0 Å². The molecule has 5 nitrogen and oxygen atoms in total. The zero-order valence-corrected chi connectivity index (χ0v) is 17.5. The van der Waals surface area contributed by atoms with Gasteiger partial charge >= 0.3 is 0 Å². The maximum Gasteiger partial charge on any atom is 0.270 e. The number of thiocarbonyl (C=S) groups is 1. The summed E-state index contributed by atoms with van der Waals surface area (Å²) < 4.78 is 5.50. The second-order valence-corrected chi connectivity index (χ2v) is 7.27. The Balaban J connectivity index is 1.83. The van der Waals surface area contributed by atoms with Gasteiger partial charge < -0.3 is 4.74 Å². The van der Waals surface area contributed by atoms with Crippen molar-refractivity contribution in [3.8, 4) is 5.75 Å². The van der Waals surface area contributed by atoms with Crippen LogP contribution in [0, 0.1) is 0 Å². The largest absolute Gasteiger partial charge is 0.496 e. The second-order valence-electron chi connectivity index (χ2n) is 6.88. The van der Waals surface area contributed by atoms with E-state index in [1.54, 1.807) is 13.2 Å². The number of nitrogens with one attached hydrogen (secondary N) is 1. The van der Waals surface area contributed by atoms with Gasteiger partial charge in [0.25, 0.3) is 11.8 Å². The Morgan fingerprint density at radius 2 is 1.77 bits per heavy atom. The number of carbonyl (C=O) groups is 2. The quantitative estimate of drug-likeness (QED) is 0.393. The van der Waals surface area contributed by atoms with Crippen molar-refractivity contribution in [3.05, 3.63) is 77.4 Å². The van der Waals surface area contributed by atoms with Gasteiger partial charge in [0, 0.05) is 5.56 Å². The predicted molar refractivity (Wildman–Crippen MR) is 123 cm³/mol. The standard InChI is InChI=1S/C24H20N2O3S/c1-3-15-8-11-17(12-9-15)26-23(28)20(22(27)25-24(26)30)14-19-18-7-5-4-6-16(18)10-13-21(19)29-2/h4-14H,3H2,1-2H3,(H,25,27,30). The summed E-state index contributed by atoms with van der Waals surface area (Å²) in [5.41, 5.74) is 2.42. The van der Waals surface area contributed by atoms with E-state index in [2.05, 4.69) is 12.2 Å². The molecule has 1 aliphatic heterocycles. The first kappa shape index (κ1) is 19.8. The topological polar surface area (TPSA) is 58.6 Å². The summed E-state index contributed by atoms with van der Waals surface area (Å²) in [6, 6.07) is 19.1. The van der Waals surface area contributed by atoms with Gasteiger partial charge in [0.05, 0.1) is 12.8 Å². The molecule has 6 heteroatoms. The predicted octanol–water partition coefficient (Wildman–Crippen LogP) is 4.24. The van der Waals surface area contributed by atoms with E-state index in [0.29, 0.717) is 17.0 Å². The zero-order chi connectivity index (χ0) is 21.3. The highest BCUT2D eigenvalue weighted by atomic mass is 32.1. The van der Waals surface area contributed by atoms with Crippen molar-refractivity contribution < 1.29 is 14.3 Å². The van der Waals surface area contributed by atoms with Crippen molar-refractivity contribution in [2.45, 2.75) is 13.3 Å². The molecule has 0 atom stereocenters. The number of ether oxygens (including phenoxy) is 1. The number of aryl methyl sites for hydroxylation is 1. The highest BCUT2D eigenvalue weighted by Gasteiger charge is 2.34. The number of fused-ring (bicyclic) bond motifs is 1. The van der Waals surface area contributed by atoms with Gasteiger partial charge in [-0.25, -0.2) is 0 Å².